The maximum Gasteiger partial charge on any atom is 0.240 e. The lowest BCUT2D eigenvalue weighted by molar-refractivity contribution is -0.129. The molecule has 3 atom stereocenters. The Morgan fingerprint density at radius 2 is 2.27 bits per heavy atom. The number of hydrogen-bond donors (Lipinski definition) is 1. The Balaban J connectivity index is 2.44. The first-order valence-electron chi connectivity index (χ1n) is 5.69. The van der Waals surface area contributed by atoms with Crippen molar-refractivity contribution in [3.63, 3.8) is 0 Å². The van der Waals surface area contributed by atoms with E-state index in [1.54, 1.807) is 0 Å². The fraction of sp³-hybridized carbons (Fsp3) is 0.909. The maximum atomic E-state index is 11.9. The Kier molecular flexibility index (Phi) is 4.93. The van der Waals surface area contributed by atoms with Gasteiger partial charge in [0.1, 0.15) is 0 Å². The summed E-state index contributed by atoms with van der Waals surface area (Å²) < 4.78 is 0. The van der Waals surface area contributed by atoms with Crippen molar-refractivity contribution in [1.29, 1.82) is 0 Å². The summed E-state index contributed by atoms with van der Waals surface area (Å²) in [7, 11) is 0. The fourth-order valence-electron chi connectivity index (χ4n) is 1.88. The Morgan fingerprint density at radius 3 is 2.73 bits per heavy atom. The van der Waals surface area contributed by atoms with E-state index in [-0.39, 0.29) is 18.1 Å². The first-order valence-corrected chi connectivity index (χ1v) is 6.98. The van der Waals surface area contributed by atoms with E-state index in [2.05, 4.69) is 32.3 Å². The second-order valence-electron chi connectivity index (χ2n) is 4.17. The predicted octanol–water partition coefficient (Wildman–Crippen LogP) is 1.68. The van der Waals surface area contributed by atoms with Gasteiger partial charge >= 0.3 is 0 Å². The van der Waals surface area contributed by atoms with Crippen molar-refractivity contribution in [3.05, 3.63) is 0 Å². The number of amides is 1. The van der Waals surface area contributed by atoms with Gasteiger partial charge in [-0.15, -0.1) is 0 Å². The van der Waals surface area contributed by atoms with E-state index in [9.17, 15) is 4.79 Å². The van der Waals surface area contributed by atoms with Crippen molar-refractivity contribution in [2.75, 3.05) is 12.8 Å². The molecule has 1 amide bonds. The van der Waals surface area contributed by atoms with E-state index in [0.29, 0.717) is 5.25 Å². The minimum atomic E-state index is 0.0459. The zero-order valence-electron chi connectivity index (χ0n) is 10.1. The second kappa shape index (κ2) is 5.75. The summed E-state index contributed by atoms with van der Waals surface area (Å²) in [5, 5.41) is 3.94. The number of rotatable bonds is 5. The smallest absolute Gasteiger partial charge is 0.240 e. The van der Waals surface area contributed by atoms with Gasteiger partial charge in [-0.25, -0.2) is 0 Å². The monoisotopic (exact) mass is 230 g/mol. The standard InChI is InChI=1S/C11H22N2OS/c1-5-10-11(14)13(9(3)12-10)7-6-8(2)15-4/h8-10,12H,5-7H2,1-4H3. The molecule has 0 bridgehead atoms. The summed E-state index contributed by atoms with van der Waals surface area (Å²) in [5.74, 6) is 0.276. The highest BCUT2D eigenvalue weighted by atomic mass is 32.2. The van der Waals surface area contributed by atoms with Crippen LogP contribution in [0.25, 0.3) is 0 Å². The third-order valence-corrected chi connectivity index (χ3v) is 4.12. The van der Waals surface area contributed by atoms with Gasteiger partial charge in [0.05, 0.1) is 12.2 Å². The van der Waals surface area contributed by atoms with Gasteiger partial charge in [0.2, 0.25) is 5.91 Å². The highest BCUT2D eigenvalue weighted by Crippen LogP contribution is 2.16. The normalized spacial score (nSPS) is 28.5. The quantitative estimate of drug-likeness (QED) is 0.780. The Bertz CT molecular complexity index is 223. The minimum Gasteiger partial charge on any atom is -0.326 e. The summed E-state index contributed by atoms with van der Waals surface area (Å²) in [6.07, 6.45) is 4.29. The summed E-state index contributed by atoms with van der Waals surface area (Å²) in [5.41, 5.74) is 0. The van der Waals surface area contributed by atoms with Crippen LogP contribution in [0.3, 0.4) is 0 Å². The highest BCUT2D eigenvalue weighted by molar-refractivity contribution is 7.99. The van der Waals surface area contributed by atoms with Gasteiger partial charge in [-0.1, -0.05) is 13.8 Å². The molecular formula is C11H22N2OS. The molecule has 4 heteroatoms. The SMILES string of the molecule is CCC1NC(C)N(CCC(C)SC)C1=O. The van der Waals surface area contributed by atoms with Crippen LogP contribution in [-0.4, -0.2) is 41.1 Å². The number of carbonyl (C=O) groups excluding carboxylic acids is 1. The van der Waals surface area contributed by atoms with Gasteiger partial charge in [-0.3, -0.25) is 10.1 Å². The average Bonchev–Trinajstić information content (AvgIpc) is 2.51. The summed E-state index contributed by atoms with van der Waals surface area (Å²) in [4.78, 5) is 13.9. The topological polar surface area (TPSA) is 32.3 Å². The molecule has 1 saturated heterocycles. The van der Waals surface area contributed by atoms with Gasteiger partial charge in [-0.2, -0.15) is 11.8 Å². The van der Waals surface area contributed by atoms with Crippen molar-refractivity contribution in [2.45, 2.75) is 51.1 Å². The van der Waals surface area contributed by atoms with E-state index in [1.165, 1.54) is 0 Å². The summed E-state index contributed by atoms with van der Waals surface area (Å²) in [6, 6.07) is 0.0459. The number of thioether (sulfide) groups is 1. The van der Waals surface area contributed by atoms with Gasteiger partial charge in [0.15, 0.2) is 0 Å². The predicted molar refractivity (Wildman–Crippen MR) is 66.0 cm³/mol. The molecule has 3 unspecified atom stereocenters. The summed E-state index contributed by atoms with van der Waals surface area (Å²) in [6.45, 7) is 7.21. The largest absolute Gasteiger partial charge is 0.326 e. The first-order chi connectivity index (χ1) is 7.10. The molecule has 0 saturated carbocycles. The number of carbonyl (C=O) groups is 1. The molecule has 0 aromatic carbocycles. The van der Waals surface area contributed by atoms with Gasteiger partial charge < -0.3 is 4.90 Å². The van der Waals surface area contributed by atoms with Crippen LogP contribution in [0.5, 0.6) is 0 Å². The van der Waals surface area contributed by atoms with E-state index < -0.39 is 0 Å². The van der Waals surface area contributed by atoms with E-state index in [0.717, 1.165) is 19.4 Å². The maximum absolute atomic E-state index is 11.9. The molecule has 0 spiro atoms. The molecule has 1 fully saturated rings. The average molecular weight is 230 g/mol. The van der Waals surface area contributed by atoms with E-state index >= 15 is 0 Å². The third kappa shape index (κ3) is 3.11. The fourth-order valence-corrected chi connectivity index (χ4v) is 2.22. The molecule has 0 aromatic rings. The molecule has 3 nitrogen and oxygen atoms in total. The van der Waals surface area contributed by atoms with Crippen LogP contribution in [0.15, 0.2) is 0 Å². The Labute approximate surface area is 97.0 Å². The molecular weight excluding hydrogens is 208 g/mol. The van der Waals surface area contributed by atoms with Gasteiger partial charge in [-0.05, 0) is 26.0 Å². The van der Waals surface area contributed by atoms with Crippen LogP contribution >= 0.6 is 11.8 Å². The molecule has 0 aliphatic carbocycles. The number of nitrogens with one attached hydrogen (secondary N) is 1. The lowest BCUT2D eigenvalue weighted by Gasteiger charge is -2.22. The van der Waals surface area contributed by atoms with Crippen LogP contribution in [0, 0.1) is 0 Å². The zero-order valence-corrected chi connectivity index (χ0v) is 10.9. The van der Waals surface area contributed by atoms with Crippen LogP contribution in [-0.2, 0) is 4.79 Å². The summed E-state index contributed by atoms with van der Waals surface area (Å²) >= 11 is 1.86. The van der Waals surface area contributed by atoms with Crippen molar-refractivity contribution >= 4 is 17.7 Å². The number of nitrogens with zero attached hydrogens (tertiary/aromatic N) is 1. The minimum absolute atomic E-state index is 0.0459. The number of hydrogen-bond acceptors (Lipinski definition) is 3. The van der Waals surface area contributed by atoms with Gasteiger partial charge in [0, 0.05) is 11.8 Å². The lowest BCUT2D eigenvalue weighted by Crippen LogP contribution is -2.36. The molecule has 0 radical (unpaired) electrons. The van der Waals surface area contributed by atoms with Crippen LogP contribution in [0.1, 0.15) is 33.6 Å². The first kappa shape index (κ1) is 12.8. The molecule has 15 heavy (non-hydrogen) atoms. The van der Waals surface area contributed by atoms with Crippen molar-refractivity contribution in [2.24, 2.45) is 0 Å². The van der Waals surface area contributed by atoms with Crippen molar-refractivity contribution in [1.82, 2.24) is 10.2 Å². The molecule has 88 valence electrons. The van der Waals surface area contributed by atoms with Crippen LogP contribution in [0.2, 0.25) is 0 Å². The third-order valence-electron chi connectivity index (χ3n) is 3.08. The molecule has 1 aliphatic heterocycles. The molecule has 0 aromatic heterocycles. The van der Waals surface area contributed by atoms with Crippen molar-refractivity contribution in [3.8, 4) is 0 Å². The highest BCUT2D eigenvalue weighted by Gasteiger charge is 2.34. The van der Waals surface area contributed by atoms with E-state index in [4.69, 9.17) is 0 Å². The molecule has 1 heterocycles. The zero-order chi connectivity index (χ0) is 11.4. The lowest BCUT2D eigenvalue weighted by atomic mass is 10.2. The van der Waals surface area contributed by atoms with E-state index in [1.807, 2.05) is 16.7 Å². The Hall–Kier alpha value is -0.220. The van der Waals surface area contributed by atoms with Gasteiger partial charge in [0.25, 0.3) is 0 Å². The Morgan fingerprint density at radius 1 is 1.60 bits per heavy atom. The van der Waals surface area contributed by atoms with Crippen LogP contribution < -0.4 is 5.32 Å². The second-order valence-corrected chi connectivity index (χ2v) is 5.45. The molecule has 1 aliphatic rings. The van der Waals surface area contributed by atoms with Crippen molar-refractivity contribution < 1.29 is 4.79 Å². The molecule has 1 N–H and O–H groups in total. The molecule has 1 rings (SSSR count). The van der Waals surface area contributed by atoms with Crippen LogP contribution in [0.4, 0.5) is 0 Å².